The summed E-state index contributed by atoms with van der Waals surface area (Å²) in [6.45, 7) is 4.14. The third kappa shape index (κ3) is 6.20. The first kappa shape index (κ1) is 28.1. The largest absolute Gasteiger partial charge is 0.508 e. The number of unbranched alkanes of at least 4 members (excludes halogenated alkanes) is 1. The van der Waals surface area contributed by atoms with Crippen LogP contribution in [0.15, 0.2) is 76.5 Å². The second kappa shape index (κ2) is 12.8. The summed E-state index contributed by atoms with van der Waals surface area (Å²) in [5, 5.41) is 20.0. The first-order chi connectivity index (χ1) is 19.4. The number of aryl methyl sites for hydroxylation is 2. The molecule has 3 aromatic carbocycles. The van der Waals surface area contributed by atoms with Crippen molar-refractivity contribution in [2.75, 3.05) is 7.05 Å². The van der Waals surface area contributed by atoms with Crippen molar-refractivity contribution >= 4 is 12.3 Å². The molecule has 0 radical (unpaired) electrons. The normalized spacial score (nSPS) is 11.3. The van der Waals surface area contributed by atoms with Gasteiger partial charge in [-0.3, -0.25) is 19.1 Å². The van der Waals surface area contributed by atoms with Gasteiger partial charge in [-0.15, -0.1) is 0 Å². The van der Waals surface area contributed by atoms with Gasteiger partial charge in [0.15, 0.2) is 5.84 Å². The maximum Gasteiger partial charge on any atom is 0.320 e. The van der Waals surface area contributed by atoms with Gasteiger partial charge in [-0.25, -0.2) is 10.5 Å². The lowest BCUT2D eigenvalue weighted by atomic mass is 9.96. The van der Waals surface area contributed by atoms with Crippen LogP contribution in [-0.2, 0) is 22.5 Å². The molecule has 0 aliphatic rings. The van der Waals surface area contributed by atoms with E-state index in [2.05, 4.69) is 17.4 Å². The van der Waals surface area contributed by atoms with Crippen LogP contribution in [0.25, 0.3) is 16.8 Å². The molecule has 0 aliphatic heterocycles. The molecule has 0 aliphatic carbocycles. The van der Waals surface area contributed by atoms with Crippen molar-refractivity contribution in [1.82, 2.24) is 15.0 Å². The number of aromatic hydroxyl groups is 2. The van der Waals surface area contributed by atoms with Crippen LogP contribution in [-0.4, -0.2) is 39.1 Å². The molecule has 0 fully saturated rings. The number of phenolic OH excluding ortho intramolecular Hbond substituents is 2. The maximum absolute atomic E-state index is 13.8. The lowest BCUT2D eigenvalue weighted by Crippen LogP contribution is -2.28. The topological polar surface area (TPSA) is 126 Å². The number of benzene rings is 3. The van der Waals surface area contributed by atoms with E-state index in [0.717, 1.165) is 40.8 Å². The standard InChI is InChI=1S/C31H32N4O5/c1-4-5-10-29-28(31(39)35(20(2)33-29)23-16-24(37)18-25(38)17-23)15-21-11-13-22(14-12-21)26-8-6-7-9-27(26)30(32-3)34-40-19-36/h6-9,11-14,16-19,37-38H,4-5,10,15H2,1-3H3,(H,32,34). The van der Waals surface area contributed by atoms with Gasteiger partial charge in [0.25, 0.3) is 5.56 Å². The van der Waals surface area contributed by atoms with E-state index in [4.69, 9.17) is 9.82 Å². The molecule has 3 N–H and O–H groups in total. The van der Waals surface area contributed by atoms with Gasteiger partial charge in [-0.2, -0.15) is 0 Å². The van der Waals surface area contributed by atoms with Gasteiger partial charge in [0.1, 0.15) is 17.3 Å². The molecule has 0 bridgehead atoms. The number of carbonyl (C=O) groups is 1. The van der Waals surface area contributed by atoms with Crippen LogP contribution in [0.5, 0.6) is 11.5 Å². The Balaban J connectivity index is 1.73. The Morgan fingerprint density at radius 2 is 1.77 bits per heavy atom. The number of nitrogens with one attached hydrogen (secondary N) is 1. The molecule has 0 saturated heterocycles. The zero-order chi connectivity index (χ0) is 28.6. The Labute approximate surface area is 232 Å². The second-order valence-corrected chi connectivity index (χ2v) is 9.34. The monoisotopic (exact) mass is 540 g/mol. The molecule has 0 saturated carbocycles. The number of rotatable bonds is 10. The molecule has 40 heavy (non-hydrogen) atoms. The van der Waals surface area contributed by atoms with Gasteiger partial charge in [0, 0.05) is 42.8 Å². The van der Waals surface area contributed by atoms with Crippen molar-refractivity contribution in [2.24, 2.45) is 4.99 Å². The second-order valence-electron chi connectivity index (χ2n) is 9.34. The third-order valence-corrected chi connectivity index (χ3v) is 6.60. The number of nitrogens with zero attached hydrogens (tertiary/aromatic N) is 3. The molecule has 4 rings (SSSR count). The number of carbonyl (C=O) groups excluding carboxylic acids is 1. The Hall–Kier alpha value is -4.92. The number of aromatic nitrogens is 2. The van der Waals surface area contributed by atoms with Gasteiger partial charge in [0.05, 0.1) is 11.4 Å². The van der Waals surface area contributed by atoms with Gasteiger partial charge in [-0.1, -0.05) is 61.9 Å². The fourth-order valence-corrected chi connectivity index (χ4v) is 4.71. The summed E-state index contributed by atoms with van der Waals surface area (Å²) in [7, 11) is 1.60. The fraction of sp³-hybridized carbons (Fsp3) is 0.226. The number of hydrogen-bond donors (Lipinski definition) is 3. The van der Waals surface area contributed by atoms with Crippen LogP contribution in [0.4, 0.5) is 0 Å². The van der Waals surface area contributed by atoms with Gasteiger partial charge in [-0.05, 0) is 36.5 Å². The van der Waals surface area contributed by atoms with Crippen molar-refractivity contribution in [2.45, 2.75) is 39.5 Å². The van der Waals surface area contributed by atoms with Crippen molar-refractivity contribution < 1.29 is 19.8 Å². The van der Waals surface area contributed by atoms with E-state index in [1.165, 1.54) is 22.8 Å². The van der Waals surface area contributed by atoms with Crippen LogP contribution >= 0.6 is 0 Å². The lowest BCUT2D eigenvalue weighted by Gasteiger charge is -2.16. The molecule has 9 heteroatoms. The van der Waals surface area contributed by atoms with Gasteiger partial charge in [0.2, 0.25) is 0 Å². The SMILES string of the molecule is CCCCc1nc(C)n(-c2cc(O)cc(O)c2)c(=O)c1Cc1ccc(-c2ccccc2C(=NC)NOC=O)cc1. The average Bonchev–Trinajstić information content (AvgIpc) is 2.94. The third-order valence-electron chi connectivity index (χ3n) is 6.60. The molecule has 0 amide bonds. The highest BCUT2D eigenvalue weighted by Crippen LogP contribution is 2.26. The zero-order valence-electron chi connectivity index (χ0n) is 22.7. The number of aliphatic imine (C=N–C) groups is 1. The summed E-state index contributed by atoms with van der Waals surface area (Å²) < 4.78 is 1.43. The number of phenols is 2. The highest BCUT2D eigenvalue weighted by molar-refractivity contribution is 6.04. The van der Waals surface area contributed by atoms with E-state index in [9.17, 15) is 19.8 Å². The quantitative estimate of drug-likeness (QED) is 0.116. The predicted molar refractivity (Wildman–Crippen MR) is 154 cm³/mol. The summed E-state index contributed by atoms with van der Waals surface area (Å²) >= 11 is 0. The van der Waals surface area contributed by atoms with Crippen molar-refractivity contribution in [3.8, 4) is 28.3 Å². The maximum atomic E-state index is 13.8. The molecule has 0 unspecified atom stereocenters. The van der Waals surface area contributed by atoms with E-state index >= 15 is 0 Å². The van der Waals surface area contributed by atoms with E-state index in [-0.39, 0.29) is 17.1 Å². The average molecular weight is 541 g/mol. The molecule has 9 nitrogen and oxygen atoms in total. The smallest absolute Gasteiger partial charge is 0.320 e. The van der Waals surface area contributed by atoms with E-state index in [0.29, 0.717) is 42.2 Å². The number of hydrogen-bond acceptors (Lipinski definition) is 7. The van der Waals surface area contributed by atoms with Crippen LogP contribution in [0, 0.1) is 6.92 Å². The van der Waals surface area contributed by atoms with Gasteiger partial charge < -0.3 is 15.1 Å². The fourth-order valence-electron chi connectivity index (χ4n) is 4.71. The van der Waals surface area contributed by atoms with Crippen molar-refractivity contribution in [3.63, 3.8) is 0 Å². The van der Waals surface area contributed by atoms with Gasteiger partial charge >= 0.3 is 6.47 Å². The molecule has 0 atom stereocenters. The zero-order valence-corrected chi connectivity index (χ0v) is 22.7. The molecular formula is C31H32N4O5. The first-order valence-corrected chi connectivity index (χ1v) is 13.0. The van der Waals surface area contributed by atoms with Crippen LogP contribution < -0.4 is 11.0 Å². The van der Waals surface area contributed by atoms with Crippen LogP contribution in [0.2, 0.25) is 0 Å². The number of amidine groups is 1. The predicted octanol–water partition coefficient (Wildman–Crippen LogP) is 4.61. The molecule has 1 aromatic heterocycles. The summed E-state index contributed by atoms with van der Waals surface area (Å²) in [6, 6.07) is 19.6. The van der Waals surface area contributed by atoms with Crippen molar-refractivity contribution in [3.05, 3.63) is 105 Å². The van der Waals surface area contributed by atoms with Crippen LogP contribution in [0.1, 0.15) is 48.0 Å². The minimum absolute atomic E-state index is 0.141. The Morgan fingerprint density at radius 3 is 2.42 bits per heavy atom. The Morgan fingerprint density at radius 1 is 1.07 bits per heavy atom. The minimum Gasteiger partial charge on any atom is -0.508 e. The van der Waals surface area contributed by atoms with E-state index < -0.39 is 0 Å². The molecular weight excluding hydrogens is 508 g/mol. The summed E-state index contributed by atoms with van der Waals surface area (Å²) in [5.41, 5.74) is 7.51. The summed E-state index contributed by atoms with van der Waals surface area (Å²) in [4.78, 5) is 38.2. The summed E-state index contributed by atoms with van der Waals surface area (Å²) in [6.07, 6.45) is 2.91. The number of hydroxylamine groups is 1. The molecule has 0 spiro atoms. The Bertz CT molecular complexity index is 1570. The van der Waals surface area contributed by atoms with Crippen molar-refractivity contribution in [1.29, 1.82) is 0 Å². The van der Waals surface area contributed by atoms with E-state index in [1.807, 2.05) is 48.5 Å². The molecule has 4 aromatic rings. The van der Waals surface area contributed by atoms with Crippen LogP contribution in [0.3, 0.4) is 0 Å². The highest BCUT2D eigenvalue weighted by atomic mass is 16.7. The van der Waals surface area contributed by atoms with E-state index in [1.54, 1.807) is 14.0 Å². The minimum atomic E-state index is -0.233. The lowest BCUT2D eigenvalue weighted by molar-refractivity contribution is -0.132. The molecule has 206 valence electrons. The Kier molecular flexibility index (Phi) is 8.96. The molecule has 1 heterocycles. The highest BCUT2D eigenvalue weighted by Gasteiger charge is 2.18. The first-order valence-electron chi connectivity index (χ1n) is 13.0. The summed E-state index contributed by atoms with van der Waals surface area (Å²) in [5.74, 6) is 0.616.